The van der Waals surface area contributed by atoms with Crippen LogP contribution in [0.2, 0.25) is 0 Å². The highest BCUT2D eigenvalue weighted by atomic mass is 16.5. The van der Waals surface area contributed by atoms with Gasteiger partial charge >= 0.3 is 5.97 Å². The van der Waals surface area contributed by atoms with Crippen LogP contribution in [0.15, 0.2) is 0 Å². The highest BCUT2D eigenvalue weighted by Gasteiger charge is 2.31. The summed E-state index contributed by atoms with van der Waals surface area (Å²) in [5.74, 6) is 0.654. The van der Waals surface area contributed by atoms with E-state index >= 15 is 0 Å². The summed E-state index contributed by atoms with van der Waals surface area (Å²) in [6.07, 6.45) is 3.06. The molecule has 4 heteroatoms. The average Bonchev–Trinajstić information content (AvgIpc) is 2.92. The molecule has 1 aliphatic rings. The molecule has 0 bridgehead atoms. The monoisotopic (exact) mass is 257 g/mol. The molecule has 0 aromatic heterocycles. The molecular formula is C14H27NO3. The fourth-order valence-corrected chi connectivity index (χ4v) is 2.52. The Labute approximate surface area is 110 Å². The average molecular weight is 257 g/mol. The van der Waals surface area contributed by atoms with Crippen molar-refractivity contribution in [2.45, 2.75) is 52.1 Å². The highest BCUT2D eigenvalue weighted by Crippen LogP contribution is 2.21. The molecule has 4 nitrogen and oxygen atoms in total. The van der Waals surface area contributed by atoms with Gasteiger partial charge in [-0.05, 0) is 24.7 Å². The number of carbonyl (C=O) groups is 1. The summed E-state index contributed by atoms with van der Waals surface area (Å²) >= 11 is 0. The van der Waals surface area contributed by atoms with Crippen molar-refractivity contribution in [1.29, 1.82) is 0 Å². The van der Waals surface area contributed by atoms with E-state index in [4.69, 9.17) is 9.47 Å². The number of nitrogens with one attached hydrogen (secondary N) is 1. The third-order valence-corrected chi connectivity index (χ3v) is 4.04. The fourth-order valence-electron chi connectivity index (χ4n) is 2.52. The lowest BCUT2D eigenvalue weighted by molar-refractivity contribution is -0.145. The molecule has 1 N–H and O–H groups in total. The molecule has 4 unspecified atom stereocenters. The van der Waals surface area contributed by atoms with Gasteiger partial charge in [0.2, 0.25) is 0 Å². The summed E-state index contributed by atoms with van der Waals surface area (Å²) in [5.41, 5.74) is 0. The number of hydrogen-bond donors (Lipinski definition) is 1. The molecule has 0 aromatic carbocycles. The van der Waals surface area contributed by atoms with Crippen molar-refractivity contribution in [1.82, 2.24) is 5.32 Å². The van der Waals surface area contributed by atoms with Crippen LogP contribution in [0.3, 0.4) is 0 Å². The number of rotatable bonds is 7. The van der Waals surface area contributed by atoms with Crippen LogP contribution >= 0.6 is 0 Å². The van der Waals surface area contributed by atoms with Gasteiger partial charge in [0.1, 0.15) is 6.04 Å². The smallest absolute Gasteiger partial charge is 0.323 e. The third kappa shape index (κ3) is 3.95. The first-order valence-electron chi connectivity index (χ1n) is 7.05. The van der Waals surface area contributed by atoms with E-state index in [0.29, 0.717) is 12.0 Å². The van der Waals surface area contributed by atoms with Gasteiger partial charge in [0.05, 0.1) is 13.7 Å². The molecule has 0 amide bonds. The lowest BCUT2D eigenvalue weighted by Gasteiger charge is -2.30. The number of esters is 1. The predicted octanol–water partition coefficient (Wildman–Crippen LogP) is 1.98. The van der Waals surface area contributed by atoms with E-state index in [1.807, 2.05) is 0 Å². The topological polar surface area (TPSA) is 47.6 Å². The molecule has 1 saturated heterocycles. The molecule has 0 radical (unpaired) electrons. The number of methoxy groups -OCH3 is 1. The molecule has 106 valence electrons. The van der Waals surface area contributed by atoms with Crippen molar-refractivity contribution in [3.8, 4) is 0 Å². The fraction of sp³-hybridized carbons (Fsp3) is 0.929. The van der Waals surface area contributed by atoms with E-state index in [0.717, 1.165) is 32.5 Å². The minimum atomic E-state index is -0.203. The van der Waals surface area contributed by atoms with E-state index in [9.17, 15) is 4.79 Å². The predicted molar refractivity (Wildman–Crippen MR) is 71.4 cm³/mol. The maximum atomic E-state index is 11.9. The molecule has 1 rings (SSSR count). The summed E-state index contributed by atoms with van der Waals surface area (Å²) in [4.78, 5) is 11.9. The van der Waals surface area contributed by atoms with E-state index in [2.05, 4.69) is 26.1 Å². The number of carbonyl (C=O) groups excluding carboxylic acids is 1. The molecule has 0 aromatic rings. The molecule has 18 heavy (non-hydrogen) atoms. The van der Waals surface area contributed by atoms with E-state index < -0.39 is 0 Å². The van der Waals surface area contributed by atoms with Crippen molar-refractivity contribution in [2.75, 3.05) is 20.3 Å². The summed E-state index contributed by atoms with van der Waals surface area (Å²) in [5, 5.41) is 3.49. The number of ether oxygens (including phenoxy) is 2. The first-order valence-corrected chi connectivity index (χ1v) is 7.05. The lowest BCUT2D eigenvalue weighted by atomic mass is 9.92. The minimum absolute atomic E-state index is 0.151. The second-order valence-electron chi connectivity index (χ2n) is 5.19. The Hall–Kier alpha value is -0.610. The van der Waals surface area contributed by atoms with Crippen LogP contribution in [0.5, 0.6) is 0 Å². The normalized spacial score (nSPS) is 24.6. The molecule has 0 aliphatic carbocycles. The Morgan fingerprint density at radius 2 is 2.17 bits per heavy atom. The van der Waals surface area contributed by atoms with Gasteiger partial charge in [0.25, 0.3) is 0 Å². The van der Waals surface area contributed by atoms with Crippen LogP contribution in [-0.2, 0) is 14.3 Å². The van der Waals surface area contributed by atoms with Crippen molar-refractivity contribution in [2.24, 2.45) is 11.8 Å². The Balaban J connectivity index is 2.64. The summed E-state index contributed by atoms with van der Waals surface area (Å²) in [6, 6.07) is 0.135. The molecule has 1 heterocycles. The maximum Gasteiger partial charge on any atom is 0.323 e. The Kier molecular flexibility index (Phi) is 6.65. The quantitative estimate of drug-likeness (QED) is 0.708. The van der Waals surface area contributed by atoms with Gasteiger partial charge in [0, 0.05) is 12.6 Å². The van der Waals surface area contributed by atoms with Crippen LogP contribution in [-0.4, -0.2) is 38.4 Å². The Morgan fingerprint density at radius 3 is 2.61 bits per heavy atom. The van der Waals surface area contributed by atoms with Gasteiger partial charge in [0.15, 0.2) is 0 Å². The van der Waals surface area contributed by atoms with Crippen LogP contribution in [0.4, 0.5) is 0 Å². The largest absolute Gasteiger partial charge is 0.468 e. The lowest BCUT2D eigenvalue weighted by Crippen LogP contribution is -2.50. The van der Waals surface area contributed by atoms with Gasteiger partial charge in [-0.3, -0.25) is 4.79 Å². The second kappa shape index (κ2) is 7.74. The summed E-state index contributed by atoms with van der Waals surface area (Å²) in [7, 11) is 1.46. The molecule has 0 saturated carbocycles. The zero-order valence-corrected chi connectivity index (χ0v) is 12.1. The first kappa shape index (κ1) is 15.4. The van der Waals surface area contributed by atoms with Gasteiger partial charge in [-0.2, -0.15) is 0 Å². The minimum Gasteiger partial charge on any atom is -0.468 e. The van der Waals surface area contributed by atoms with Gasteiger partial charge in [-0.1, -0.05) is 27.2 Å². The van der Waals surface area contributed by atoms with Crippen LogP contribution in [0.1, 0.15) is 40.0 Å². The zero-order chi connectivity index (χ0) is 13.5. The first-order chi connectivity index (χ1) is 8.63. The van der Waals surface area contributed by atoms with Crippen LogP contribution in [0.25, 0.3) is 0 Å². The van der Waals surface area contributed by atoms with Crippen LogP contribution in [0, 0.1) is 11.8 Å². The van der Waals surface area contributed by atoms with Crippen molar-refractivity contribution < 1.29 is 14.3 Å². The third-order valence-electron chi connectivity index (χ3n) is 4.04. The van der Waals surface area contributed by atoms with Gasteiger partial charge < -0.3 is 14.8 Å². The van der Waals surface area contributed by atoms with Gasteiger partial charge in [-0.15, -0.1) is 0 Å². The summed E-state index contributed by atoms with van der Waals surface area (Å²) in [6.45, 7) is 7.99. The zero-order valence-electron chi connectivity index (χ0n) is 12.1. The van der Waals surface area contributed by atoms with E-state index in [1.165, 1.54) is 7.11 Å². The molecule has 1 aliphatic heterocycles. The molecule has 4 atom stereocenters. The maximum absolute atomic E-state index is 11.9. The van der Waals surface area contributed by atoms with Crippen LogP contribution < -0.4 is 5.32 Å². The second-order valence-corrected chi connectivity index (χ2v) is 5.19. The van der Waals surface area contributed by atoms with Crippen molar-refractivity contribution >= 4 is 5.97 Å². The Morgan fingerprint density at radius 1 is 1.44 bits per heavy atom. The van der Waals surface area contributed by atoms with E-state index in [-0.39, 0.29) is 17.9 Å². The Bertz CT molecular complexity index is 251. The summed E-state index contributed by atoms with van der Waals surface area (Å²) < 4.78 is 10.3. The van der Waals surface area contributed by atoms with Gasteiger partial charge in [-0.25, -0.2) is 0 Å². The molecule has 0 spiro atoms. The SMILES string of the molecule is CCC(C)C(NC(CC)C1CCOC1)C(=O)OC. The standard InChI is InChI=1S/C14H27NO3/c1-5-10(3)13(14(16)17-4)15-12(6-2)11-7-8-18-9-11/h10-13,15H,5-9H2,1-4H3. The highest BCUT2D eigenvalue weighted by molar-refractivity contribution is 5.76. The molecule has 1 fully saturated rings. The van der Waals surface area contributed by atoms with Crippen molar-refractivity contribution in [3.05, 3.63) is 0 Å². The number of hydrogen-bond acceptors (Lipinski definition) is 4. The molecular weight excluding hydrogens is 230 g/mol. The van der Waals surface area contributed by atoms with E-state index in [1.54, 1.807) is 0 Å². The van der Waals surface area contributed by atoms with Crippen molar-refractivity contribution in [3.63, 3.8) is 0 Å².